The molecule has 0 saturated heterocycles. The predicted octanol–water partition coefficient (Wildman–Crippen LogP) is 3.73. The van der Waals surface area contributed by atoms with Crippen LogP contribution in [0.2, 0.25) is 0 Å². The van der Waals surface area contributed by atoms with Crippen molar-refractivity contribution in [3.05, 3.63) is 65.7 Å². The summed E-state index contributed by atoms with van der Waals surface area (Å²) in [5.41, 5.74) is 2.71. The molecule has 7 heteroatoms. The van der Waals surface area contributed by atoms with E-state index in [1.165, 1.54) is 24.2 Å². The quantitative estimate of drug-likeness (QED) is 0.560. The molecular formula is C22H22N2O4S. The van der Waals surface area contributed by atoms with Gasteiger partial charge < -0.3 is 15.3 Å². The first kappa shape index (κ1) is 20.7. The number of hydrogen-bond donors (Lipinski definition) is 2. The molecule has 0 aromatic heterocycles. The monoisotopic (exact) mass is 410 g/mol. The molecule has 29 heavy (non-hydrogen) atoms. The summed E-state index contributed by atoms with van der Waals surface area (Å²) < 4.78 is 0. The Morgan fingerprint density at radius 3 is 2.55 bits per heavy atom. The van der Waals surface area contributed by atoms with Crippen LogP contribution in [0.25, 0.3) is 0 Å². The molecule has 0 bridgehead atoms. The van der Waals surface area contributed by atoms with Crippen molar-refractivity contribution in [2.75, 3.05) is 16.0 Å². The molecule has 2 aromatic carbocycles. The van der Waals surface area contributed by atoms with E-state index in [-0.39, 0.29) is 17.5 Å². The van der Waals surface area contributed by atoms with Crippen LogP contribution in [-0.2, 0) is 20.8 Å². The second-order valence-electron chi connectivity index (χ2n) is 6.88. The zero-order valence-corrected chi connectivity index (χ0v) is 17.0. The average molecular weight is 410 g/mol. The zero-order chi connectivity index (χ0) is 21.0. The summed E-state index contributed by atoms with van der Waals surface area (Å²) in [6, 6.07) is 15.2. The molecule has 0 saturated carbocycles. The van der Waals surface area contributed by atoms with Gasteiger partial charge in [0.2, 0.25) is 11.8 Å². The number of nitrogens with zero attached hydrogens (tertiary/aromatic N) is 1. The lowest BCUT2D eigenvalue weighted by Gasteiger charge is -2.22. The van der Waals surface area contributed by atoms with Crippen LogP contribution in [0, 0.1) is 0 Å². The molecule has 150 valence electrons. The average Bonchev–Trinajstić information content (AvgIpc) is 3.02. The van der Waals surface area contributed by atoms with Crippen molar-refractivity contribution >= 4 is 40.9 Å². The Hall–Kier alpha value is -3.06. The number of carboxylic acid groups (broad SMARTS) is 1. The maximum absolute atomic E-state index is 12.8. The van der Waals surface area contributed by atoms with Gasteiger partial charge in [-0.1, -0.05) is 18.2 Å². The molecule has 0 fully saturated rings. The third kappa shape index (κ3) is 5.06. The largest absolute Gasteiger partial charge is 0.478 e. The lowest BCUT2D eigenvalue weighted by atomic mass is 10.1. The van der Waals surface area contributed by atoms with Crippen molar-refractivity contribution in [1.82, 2.24) is 0 Å². The van der Waals surface area contributed by atoms with E-state index in [2.05, 4.69) is 18.3 Å². The van der Waals surface area contributed by atoms with Gasteiger partial charge in [-0.25, -0.2) is 4.79 Å². The van der Waals surface area contributed by atoms with Gasteiger partial charge in [0, 0.05) is 34.0 Å². The van der Waals surface area contributed by atoms with Crippen molar-refractivity contribution in [2.45, 2.75) is 31.2 Å². The Labute approximate surface area is 173 Å². The number of carbonyl (C=O) groups is 3. The fourth-order valence-corrected chi connectivity index (χ4v) is 3.99. The first-order chi connectivity index (χ1) is 13.8. The van der Waals surface area contributed by atoms with Crippen LogP contribution in [-0.4, -0.2) is 34.7 Å². The van der Waals surface area contributed by atoms with Gasteiger partial charge in [0.25, 0.3) is 0 Å². The number of thioether (sulfide) groups is 1. The molecular weight excluding hydrogens is 388 g/mol. The van der Waals surface area contributed by atoms with Crippen LogP contribution in [0.15, 0.2) is 65.1 Å². The van der Waals surface area contributed by atoms with Gasteiger partial charge in [-0.15, -0.1) is 11.8 Å². The van der Waals surface area contributed by atoms with E-state index in [4.69, 9.17) is 5.11 Å². The summed E-state index contributed by atoms with van der Waals surface area (Å²) in [6.45, 7) is 3.42. The van der Waals surface area contributed by atoms with E-state index >= 15 is 0 Å². The molecule has 3 rings (SSSR count). The van der Waals surface area contributed by atoms with Crippen molar-refractivity contribution in [2.24, 2.45) is 0 Å². The first-order valence-corrected chi connectivity index (χ1v) is 10.2. The highest BCUT2D eigenvalue weighted by Crippen LogP contribution is 2.33. The van der Waals surface area contributed by atoms with Crippen LogP contribution < -0.4 is 10.2 Å². The van der Waals surface area contributed by atoms with E-state index in [9.17, 15) is 14.4 Å². The molecule has 0 radical (unpaired) electrons. The maximum atomic E-state index is 12.8. The Balaban J connectivity index is 1.57. The van der Waals surface area contributed by atoms with Crippen molar-refractivity contribution in [3.63, 3.8) is 0 Å². The second-order valence-corrected chi connectivity index (χ2v) is 7.93. The van der Waals surface area contributed by atoms with Crippen LogP contribution in [0.1, 0.15) is 19.4 Å². The molecule has 1 atom stereocenters. The minimum Gasteiger partial charge on any atom is -0.478 e. The molecule has 2 N–H and O–H groups in total. The molecule has 2 amide bonds. The normalized spacial score (nSPS) is 15.7. The number of para-hydroxylation sites is 1. The fourth-order valence-electron chi connectivity index (χ4n) is 3.23. The lowest BCUT2D eigenvalue weighted by Crippen LogP contribution is -2.36. The maximum Gasteiger partial charge on any atom is 0.331 e. The highest BCUT2D eigenvalue weighted by Gasteiger charge is 2.30. The third-order valence-corrected chi connectivity index (χ3v) is 5.64. The summed E-state index contributed by atoms with van der Waals surface area (Å²) in [4.78, 5) is 38.1. The SMILES string of the molecule is CC(=CC(=O)Nc1ccc(SCC(=O)N2c3ccccc3CC2C)cc1)C(=O)O. The number of aliphatic carboxylic acids is 1. The van der Waals surface area contributed by atoms with E-state index in [0.29, 0.717) is 11.4 Å². The predicted molar refractivity (Wildman–Crippen MR) is 114 cm³/mol. The number of anilines is 2. The van der Waals surface area contributed by atoms with E-state index in [0.717, 1.165) is 23.1 Å². The summed E-state index contributed by atoms with van der Waals surface area (Å²) in [5.74, 6) is -1.24. The highest BCUT2D eigenvalue weighted by molar-refractivity contribution is 8.00. The molecule has 6 nitrogen and oxygen atoms in total. The Bertz CT molecular complexity index is 969. The van der Waals surface area contributed by atoms with Crippen LogP contribution in [0.4, 0.5) is 11.4 Å². The molecule has 1 heterocycles. The summed E-state index contributed by atoms with van der Waals surface area (Å²) in [5, 5.41) is 11.4. The van der Waals surface area contributed by atoms with Gasteiger partial charge in [-0.3, -0.25) is 9.59 Å². The number of fused-ring (bicyclic) bond motifs is 1. The minimum atomic E-state index is -1.13. The molecule has 1 unspecified atom stereocenters. The Morgan fingerprint density at radius 1 is 1.17 bits per heavy atom. The lowest BCUT2D eigenvalue weighted by molar-refractivity contribution is -0.132. The minimum absolute atomic E-state index is 0.0362. The third-order valence-electron chi connectivity index (χ3n) is 4.65. The molecule has 2 aromatic rings. The van der Waals surface area contributed by atoms with Gasteiger partial charge in [0.15, 0.2) is 0 Å². The number of carboxylic acids is 1. The number of benzene rings is 2. The van der Waals surface area contributed by atoms with Crippen LogP contribution in [0.3, 0.4) is 0 Å². The van der Waals surface area contributed by atoms with Crippen molar-refractivity contribution < 1.29 is 19.5 Å². The number of nitrogens with one attached hydrogen (secondary N) is 1. The fraction of sp³-hybridized carbons (Fsp3) is 0.227. The number of amides is 2. The molecule has 1 aliphatic rings. The van der Waals surface area contributed by atoms with Gasteiger partial charge in [-0.2, -0.15) is 0 Å². The van der Waals surface area contributed by atoms with Crippen LogP contribution >= 0.6 is 11.8 Å². The Kier molecular flexibility index (Phi) is 6.39. The summed E-state index contributed by atoms with van der Waals surface area (Å²) >= 11 is 1.44. The van der Waals surface area contributed by atoms with Crippen molar-refractivity contribution in [3.8, 4) is 0 Å². The van der Waals surface area contributed by atoms with Crippen molar-refractivity contribution in [1.29, 1.82) is 0 Å². The van der Waals surface area contributed by atoms with Crippen LogP contribution in [0.5, 0.6) is 0 Å². The number of hydrogen-bond acceptors (Lipinski definition) is 4. The summed E-state index contributed by atoms with van der Waals surface area (Å²) in [7, 11) is 0. The van der Waals surface area contributed by atoms with Gasteiger partial charge in [-0.05, 0) is 56.2 Å². The standard InChI is InChI=1S/C22H22N2O4S/c1-14(22(27)28)11-20(25)23-17-7-9-18(10-8-17)29-13-21(26)24-15(2)12-16-5-3-4-6-19(16)24/h3-11,15H,12-13H2,1-2H3,(H,23,25)(H,27,28). The topological polar surface area (TPSA) is 86.7 Å². The van der Waals surface area contributed by atoms with Gasteiger partial charge in [0.05, 0.1) is 5.75 Å². The zero-order valence-electron chi connectivity index (χ0n) is 16.2. The molecule has 1 aliphatic heterocycles. The van der Waals surface area contributed by atoms with Gasteiger partial charge in [0.1, 0.15) is 0 Å². The number of carbonyl (C=O) groups excluding carboxylic acids is 2. The van der Waals surface area contributed by atoms with E-state index in [1.54, 1.807) is 12.1 Å². The van der Waals surface area contributed by atoms with Gasteiger partial charge >= 0.3 is 5.97 Å². The highest BCUT2D eigenvalue weighted by atomic mass is 32.2. The first-order valence-electron chi connectivity index (χ1n) is 9.20. The Morgan fingerprint density at radius 2 is 1.86 bits per heavy atom. The smallest absolute Gasteiger partial charge is 0.331 e. The number of rotatable bonds is 6. The second kappa shape index (κ2) is 8.96. The van der Waals surface area contributed by atoms with E-state index < -0.39 is 11.9 Å². The summed E-state index contributed by atoms with van der Waals surface area (Å²) in [6.07, 6.45) is 1.91. The molecule has 0 aliphatic carbocycles. The van der Waals surface area contributed by atoms with E-state index in [1.807, 2.05) is 35.2 Å². The molecule has 0 spiro atoms.